The lowest BCUT2D eigenvalue weighted by Crippen LogP contribution is -2.16. The molecule has 1 aromatic carbocycles. The van der Waals surface area contributed by atoms with Crippen LogP contribution in [0.15, 0.2) is 41.9 Å². The summed E-state index contributed by atoms with van der Waals surface area (Å²) in [4.78, 5) is 3.90. The molecule has 1 N–H and O–H groups in total. The van der Waals surface area contributed by atoms with Crippen molar-refractivity contribution in [2.45, 2.75) is 12.8 Å². The second kappa shape index (κ2) is 5.97. The molecule has 0 radical (unpaired) electrons. The number of anilines is 1. The summed E-state index contributed by atoms with van der Waals surface area (Å²) in [7, 11) is -3.28. The summed E-state index contributed by atoms with van der Waals surface area (Å²) in [6.07, 6.45) is 2.94. The summed E-state index contributed by atoms with van der Waals surface area (Å²) in [5.41, 5.74) is 1.15. The molecular formula is C12H14N2O2S2. The average molecular weight is 282 g/mol. The molecule has 0 aliphatic heterocycles. The minimum atomic E-state index is -3.28. The maximum Gasteiger partial charge on any atom is 0.234 e. The number of thiazole rings is 1. The van der Waals surface area contributed by atoms with Gasteiger partial charge in [-0.15, -0.1) is 11.3 Å². The third-order valence-corrected chi connectivity index (χ3v) is 4.54. The molecule has 6 heteroatoms. The van der Waals surface area contributed by atoms with Crippen LogP contribution in [0.2, 0.25) is 0 Å². The summed E-state index contributed by atoms with van der Waals surface area (Å²) in [5, 5.41) is 2.16. The van der Waals surface area contributed by atoms with E-state index < -0.39 is 10.0 Å². The zero-order valence-electron chi connectivity index (χ0n) is 9.74. The van der Waals surface area contributed by atoms with Gasteiger partial charge in [0.1, 0.15) is 0 Å². The fourth-order valence-corrected chi connectivity index (χ4v) is 3.46. The fraction of sp³-hybridized carbons (Fsp3) is 0.250. The van der Waals surface area contributed by atoms with Crippen LogP contribution in [0.3, 0.4) is 0 Å². The number of benzene rings is 1. The smallest absolute Gasteiger partial charge is 0.234 e. The van der Waals surface area contributed by atoms with E-state index in [0.717, 1.165) is 12.0 Å². The van der Waals surface area contributed by atoms with Crippen LogP contribution in [0.4, 0.5) is 5.13 Å². The predicted octanol–water partition coefficient (Wildman–Crippen LogP) is 2.52. The molecule has 96 valence electrons. The predicted molar refractivity (Wildman–Crippen MR) is 74.3 cm³/mol. The van der Waals surface area contributed by atoms with Crippen LogP contribution in [0.1, 0.15) is 12.0 Å². The number of hydrogen-bond donors (Lipinski definition) is 1. The molecule has 2 aromatic rings. The first-order chi connectivity index (χ1) is 8.66. The third kappa shape index (κ3) is 4.12. The van der Waals surface area contributed by atoms with E-state index in [4.69, 9.17) is 0 Å². The van der Waals surface area contributed by atoms with Gasteiger partial charge in [-0.3, -0.25) is 4.72 Å². The van der Waals surface area contributed by atoms with Crippen molar-refractivity contribution in [2.24, 2.45) is 0 Å². The van der Waals surface area contributed by atoms with E-state index in [1.165, 1.54) is 11.3 Å². The van der Waals surface area contributed by atoms with Gasteiger partial charge in [-0.05, 0) is 18.4 Å². The van der Waals surface area contributed by atoms with E-state index >= 15 is 0 Å². The highest BCUT2D eigenvalue weighted by Gasteiger charge is 2.11. The van der Waals surface area contributed by atoms with E-state index in [2.05, 4.69) is 9.71 Å². The second-order valence-corrected chi connectivity index (χ2v) is 6.58. The largest absolute Gasteiger partial charge is 0.259 e. The standard InChI is InChI=1S/C12H14N2O2S2/c15-18(16,14-12-13-8-9-17-12)10-4-7-11-5-2-1-3-6-11/h1-3,5-6,8-9H,4,7,10H2,(H,13,14). The Kier molecular flexibility index (Phi) is 4.33. The Labute approximate surface area is 111 Å². The van der Waals surface area contributed by atoms with E-state index in [0.29, 0.717) is 11.6 Å². The van der Waals surface area contributed by atoms with E-state index in [1.807, 2.05) is 30.3 Å². The number of hydrogen-bond acceptors (Lipinski definition) is 4. The molecule has 0 unspecified atom stereocenters. The highest BCUT2D eigenvalue weighted by atomic mass is 32.2. The molecule has 1 heterocycles. The molecule has 1 aromatic heterocycles. The molecule has 18 heavy (non-hydrogen) atoms. The molecule has 4 nitrogen and oxygen atoms in total. The van der Waals surface area contributed by atoms with Gasteiger partial charge in [0.05, 0.1) is 5.75 Å². The van der Waals surface area contributed by atoms with Gasteiger partial charge in [-0.1, -0.05) is 30.3 Å². The SMILES string of the molecule is O=S(=O)(CCCc1ccccc1)Nc1nccs1. The maximum atomic E-state index is 11.7. The molecule has 0 amide bonds. The molecule has 0 fully saturated rings. The highest BCUT2D eigenvalue weighted by Crippen LogP contribution is 2.13. The Bertz CT molecular complexity index is 565. The van der Waals surface area contributed by atoms with Gasteiger partial charge < -0.3 is 0 Å². The average Bonchev–Trinajstić information content (AvgIpc) is 2.82. The number of aromatic nitrogens is 1. The third-order valence-electron chi connectivity index (χ3n) is 2.40. The summed E-state index contributed by atoms with van der Waals surface area (Å²) < 4.78 is 26.0. The first-order valence-electron chi connectivity index (χ1n) is 5.60. The molecule has 0 saturated heterocycles. The van der Waals surface area contributed by atoms with Gasteiger partial charge in [0.15, 0.2) is 5.13 Å². The lowest BCUT2D eigenvalue weighted by molar-refractivity contribution is 0.598. The first kappa shape index (κ1) is 13.0. The van der Waals surface area contributed by atoms with E-state index in [-0.39, 0.29) is 5.75 Å². The van der Waals surface area contributed by atoms with Crippen molar-refractivity contribution < 1.29 is 8.42 Å². The van der Waals surface area contributed by atoms with Crippen LogP contribution in [-0.4, -0.2) is 19.2 Å². The molecule has 0 aliphatic rings. The second-order valence-electron chi connectivity index (χ2n) is 3.85. The topological polar surface area (TPSA) is 59.1 Å². The molecular weight excluding hydrogens is 268 g/mol. The zero-order valence-corrected chi connectivity index (χ0v) is 11.4. The van der Waals surface area contributed by atoms with Crippen LogP contribution >= 0.6 is 11.3 Å². The van der Waals surface area contributed by atoms with E-state index in [1.54, 1.807) is 11.6 Å². The van der Waals surface area contributed by atoms with E-state index in [9.17, 15) is 8.42 Å². The van der Waals surface area contributed by atoms with Crippen LogP contribution in [0, 0.1) is 0 Å². The maximum absolute atomic E-state index is 11.7. The van der Waals surface area contributed by atoms with Crippen LogP contribution < -0.4 is 4.72 Å². The van der Waals surface area contributed by atoms with Crippen molar-refractivity contribution in [3.05, 3.63) is 47.5 Å². The lowest BCUT2D eigenvalue weighted by atomic mass is 10.1. The van der Waals surface area contributed by atoms with Gasteiger partial charge >= 0.3 is 0 Å². The van der Waals surface area contributed by atoms with Crippen molar-refractivity contribution in [3.8, 4) is 0 Å². The Morgan fingerprint density at radius 3 is 2.67 bits per heavy atom. The molecule has 0 spiro atoms. The number of rotatable bonds is 6. The Balaban J connectivity index is 1.82. The van der Waals surface area contributed by atoms with Gasteiger partial charge in [0.2, 0.25) is 10.0 Å². The van der Waals surface area contributed by atoms with Crippen molar-refractivity contribution in [3.63, 3.8) is 0 Å². The Morgan fingerprint density at radius 1 is 1.22 bits per heavy atom. The molecule has 2 rings (SSSR count). The summed E-state index contributed by atoms with van der Waals surface area (Å²) in [5.74, 6) is 0.113. The van der Waals surface area contributed by atoms with Crippen LogP contribution in [0.25, 0.3) is 0 Å². The first-order valence-corrected chi connectivity index (χ1v) is 8.13. The summed E-state index contributed by atoms with van der Waals surface area (Å²) in [6.45, 7) is 0. The fourth-order valence-electron chi connectivity index (χ4n) is 1.57. The normalized spacial score (nSPS) is 11.3. The van der Waals surface area contributed by atoms with Crippen LogP contribution in [0.5, 0.6) is 0 Å². The van der Waals surface area contributed by atoms with Crippen molar-refractivity contribution in [1.82, 2.24) is 4.98 Å². The van der Waals surface area contributed by atoms with Gasteiger partial charge in [-0.25, -0.2) is 13.4 Å². The highest BCUT2D eigenvalue weighted by molar-refractivity contribution is 7.92. The molecule has 0 bridgehead atoms. The molecule has 0 atom stereocenters. The molecule has 0 saturated carbocycles. The van der Waals surface area contributed by atoms with Crippen molar-refractivity contribution >= 4 is 26.5 Å². The minimum Gasteiger partial charge on any atom is -0.259 e. The minimum absolute atomic E-state index is 0.113. The number of sulfonamides is 1. The van der Waals surface area contributed by atoms with Gasteiger partial charge in [-0.2, -0.15) is 0 Å². The number of nitrogens with zero attached hydrogens (tertiary/aromatic N) is 1. The summed E-state index contributed by atoms with van der Waals surface area (Å²) >= 11 is 1.28. The monoisotopic (exact) mass is 282 g/mol. The zero-order chi connectivity index (χ0) is 12.8. The van der Waals surface area contributed by atoms with Gasteiger partial charge in [0, 0.05) is 11.6 Å². The Morgan fingerprint density at radius 2 is 2.00 bits per heavy atom. The van der Waals surface area contributed by atoms with Gasteiger partial charge in [0.25, 0.3) is 0 Å². The van der Waals surface area contributed by atoms with Crippen LogP contribution in [-0.2, 0) is 16.4 Å². The van der Waals surface area contributed by atoms with Crippen molar-refractivity contribution in [2.75, 3.05) is 10.5 Å². The quantitative estimate of drug-likeness (QED) is 0.885. The lowest BCUT2D eigenvalue weighted by Gasteiger charge is -2.05. The number of nitrogens with one attached hydrogen (secondary N) is 1. The number of aryl methyl sites for hydroxylation is 1. The summed E-state index contributed by atoms with van der Waals surface area (Å²) in [6, 6.07) is 9.86. The Hall–Kier alpha value is -1.40. The molecule has 0 aliphatic carbocycles. The van der Waals surface area contributed by atoms with Crippen molar-refractivity contribution in [1.29, 1.82) is 0 Å².